The quantitative estimate of drug-likeness (QED) is 0.644. The van der Waals surface area contributed by atoms with E-state index < -0.39 is 5.82 Å². The maximum atomic E-state index is 13.7. The Balaban J connectivity index is 2.12. The lowest BCUT2D eigenvalue weighted by Gasteiger charge is -2.11. The monoisotopic (exact) mass is 306 g/mol. The first kappa shape index (κ1) is 15.8. The fraction of sp³-hybridized carbons (Fsp3) is 0.267. The van der Waals surface area contributed by atoms with Crippen molar-refractivity contribution in [1.82, 2.24) is 14.9 Å². The molecule has 0 aliphatic rings. The molecular weight excluding hydrogens is 290 g/mol. The summed E-state index contributed by atoms with van der Waals surface area (Å²) >= 11 is 0. The first-order valence-electron chi connectivity index (χ1n) is 6.58. The Kier molecular flexibility index (Phi) is 4.98. The normalized spacial score (nSPS) is 11.4. The van der Waals surface area contributed by atoms with Gasteiger partial charge in [-0.15, -0.1) is 0 Å². The highest BCUT2D eigenvalue weighted by molar-refractivity contribution is 5.81. The lowest BCUT2D eigenvalue weighted by atomic mass is 10.2. The summed E-state index contributed by atoms with van der Waals surface area (Å²) in [6.45, 7) is 1.89. The molecule has 1 aromatic carbocycles. The van der Waals surface area contributed by atoms with Gasteiger partial charge in [0, 0.05) is 14.1 Å². The molecule has 0 aliphatic heterocycles. The summed E-state index contributed by atoms with van der Waals surface area (Å²) in [5.74, 6) is -0.440. The van der Waals surface area contributed by atoms with E-state index in [4.69, 9.17) is 4.74 Å². The Morgan fingerprint density at radius 3 is 2.55 bits per heavy atom. The lowest BCUT2D eigenvalue weighted by molar-refractivity contribution is 0.279. The molecule has 116 valence electrons. The Morgan fingerprint density at radius 2 is 1.91 bits per heavy atom. The van der Waals surface area contributed by atoms with Crippen molar-refractivity contribution in [3.8, 4) is 6.01 Å². The van der Waals surface area contributed by atoms with E-state index in [2.05, 4.69) is 15.0 Å². The molecule has 0 unspecified atom stereocenters. The van der Waals surface area contributed by atoms with Crippen molar-refractivity contribution in [2.75, 3.05) is 14.1 Å². The Bertz CT molecular complexity index is 672. The summed E-state index contributed by atoms with van der Waals surface area (Å²) in [4.78, 5) is 13.5. The molecule has 0 atom stereocenters. The van der Waals surface area contributed by atoms with E-state index in [1.807, 2.05) is 0 Å². The van der Waals surface area contributed by atoms with E-state index in [0.717, 1.165) is 11.8 Å². The highest BCUT2D eigenvalue weighted by Gasteiger charge is 2.08. The van der Waals surface area contributed by atoms with Gasteiger partial charge in [-0.2, -0.15) is 4.98 Å². The van der Waals surface area contributed by atoms with E-state index in [-0.39, 0.29) is 24.3 Å². The molecule has 0 saturated carbocycles. The molecule has 1 aromatic heterocycles. The third-order valence-corrected chi connectivity index (χ3v) is 2.90. The van der Waals surface area contributed by atoms with Crippen molar-refractivity contribution in [1.29, 1.82) is 0 Å². The number of ether oxygens (including phenoxy) is 1. The first-order valence-corrected chi connectivity index (χ1v) is 6.58. The number of halogens is 2. The largest absolute Gasteiger partial charge is 0.459 e. The van der Waals surface area contributed by atoms with Crippen molar-refractivity contribution in [2.45, 2.75) is 13.5 Å². The number of aromatic nitrogens is 2. The van der Waals surface area contributed by atoms with Gasteiger partial charge in [0.2, 0.25) is 0 Å². The molecule has 1 heterocycles. The standard InChI is InChI=1S/C15H16F2N4O/c1-10(21(2)3)19-14-13(17)8-18-15(20-14)22-9-11-4-6-12(16)7-5-11/h4-8H,9H2,1-3H3/b19-10+. The molecule has 0 fully saturated rings. The van der Waals surface area contributed by atoms with Crippen LogP contribution in [0, 0.1) is 11.6 Å². The summed E-state index contributed by atoms with van der Waals surface area (Å²) in [5, 5.41) is 0. The number of hydrogen-bond donors (Lipinski definition) is 0. The molecule has 0 N–H and O–H groups in total. The zero-order chi connectivity index (χ0) is 16.1. The third-order valence-electron chi connectivity index (χ3n) is 2.90. The van der Waals surface area contributed by atoms with Gasteiger partial charge in [0.05, 0.1) is 6.20 Å². The minimum atomic E-state index is -0.629. The average Bonchev–Trinajstić information content (AvgIpc) is 2.49. The minimum absolute atomic E-state index is 0.0102. The fourth-order valence-electron chi connectivity index (χ4n) is 1.47. The fourth-order valence-corrected chi connectivity index (χ4v) is 1.47. The van der Waals surface area contributed by atoms with Crippen molar-refractivity contribution in [3.05, 3.63) is 47.7 Å². The van der Waals surface area contributed by atoms with Crippen LogP contribution < -0.4 is 4.74 Å². The Morgan fingerprint density at radius 1 is 1.23 bits per heavy atom. The second-order valence-corrected chi connectivity index (χ2v) is 4.79. The predicted octanol–water partition coefficient (Wildman–Crippen LogP) is 2.95. The molecule has 0 aliphatic carbocycles. The van der Waals surface area contributed by atoms with E-state index in [0.29, 0.717) is 5.84 Å². The van der Waals surface area contributed by atoms with Gasteiger partial charge in [-0.05, 0) is 24.6 Å². The molecule has 5 nitrogen and oxygen atoms in total. The molecule has 22 heavy (non-hydrogen) atoms. The van der Waals surface area contributed by atoms with Crippen LogP contribution in [0.3, 0.4) is 0 Å². The molecule has 0 bridgehead atoms. The first-order chi connectivity index (χ1) is 10.5. The van der Waals surface area contributed by atoms with Crippen LogP contribution in [0.15, 0.2) is 35.5 Å². The topological polar surface area (TPSA) is 50.6 Å². The van der Waals surface area contributed by atoms with Crippen molar-refractivity contribution < 1.29 is 13.5 Å². The Hall–Kier alpha value is -2.57. The Labute approximate surface area is 127 Å². The number of benzene rings is 1. The van der Waals surface area contributed by atoms with Gasteiger partial charge in [0.15, 0.2) is 11.6 Å². The van der Waals surface area contributed by atoms with Crippen molar-refractivity contribution in [3.63, 3.8) is 0 Å². The highest BCUT2D eigenvalue weighted by Crippen LogP contribution is 2.18. The van der Waals surface area contributed by atoms with E-state index >= 15 is 0 Å². The van der Waals surface area contributed by atoms with E-state index in [9.17, 15) is 8.78 Å². The summed E-state index contributed by atoms with van der Waals surface area (Å²) in [6, 6.07) is 5.86. The number of aliphatic imine (C=N–C) groups is 1. The van der Waals surface area contributed by atoms with E-state index in [1.165, 1.54) is 12.1 Å². The number of rotatable bonds is 4. The minimum Gasteiger partial charge on any atom is -0.459 e. The SMILES string of the molecule is C/C(=N\c1nc(OCc2ccc(F)cc2)ncc1F)N(C)C. The van der Waals surface area contributed by atoms with E-state index in [1.54, 1.807) is 38.1 Å². The van der Waals surface area contributed by atoms with Crippen molar-refractivity contribution in [2.24, 2.45) is 4.99 Å². The van der Waals surface area contributed by atoms with Gasteiger partial charge in [-0.25, -0.2) is 18.8 Å². The van der Waals surface area contributed by atoms with Crippen LogP contribution in [0.25, 0.3) is 0 Å². The maximum absolute atomic E-state index is 13.7. The highest BCUT2D eigenvalue weighted by atomic mass is 19.1. The maximum Gasteiger partial charge on any atom is 0.318 e. The van der Waals surface area contributed by atoms with Crippen LogP contribution in [0.5, 0.6) is 6.01 Å². The predicted molar refractivity (Wildman–Crippen MR) is 79.2 cm³/mol. The van der Waals surface area contributed by atoms with Gasteiger partial charge in [0.1, 0.15) is 18.3 Å². The zero-order valence-corrected chi connectivity index (χ0v) is 12.5. The molecule has 2 aromatic rings. The second-order valence-electron chi connectivity index (χ2n) is 4.79. The molecule has 0 spiro atoms. The molecule has 2 rings (SSSR count). The molecule has 0 radical (unpaired) electrons. The number of nitrogens with zero attached hydrogens (tertiary/aromatic N) is 4. The summed E-state index contributed by atoms with van der Waals surface area (Å²) in [6.07, 6.45) is 1.01. The van der Waals surface area contributed by atoms with Gasteiger partial charge < -0.3 is 9.64 Å². The van der Waals surface area contributed by atoms with Gasteiger partial charge >= 0.3 is 6.01 Å². The van der Waals surface area contributed by atoms with Gasteiger partial charge in [0.25, 0.3) is 0 Å². The summed E-state index contributed by atoms with van der Waals surface area (Å²) < 4.78 is 31.8. The molecular formula is C15H16F2N4O. The van der Waals surface area contributed by atoms with Crippen LogP contribution in [0.1, 0.15) is 12.5 Å². The zero-order valence-electron chi connectivity index (χ0n) is 12.5. The third kappa shape index (κ3) is 4.21. The molecule has 0 saturated heterocycles. The summed E-state index contributed by atoms with van der Waals surface area (Å²) in [7, 11) is 3.59. The second kappa shape index (κ2) is 6.93. The average molecular weight is 306 g/mol. The van der Waals surface area contributed by atoms with Crippen LogP contribution in [-0.2, 0) is 6.61 Å². The van der Waals surface area contributed by atoms with Crippen LogP contribution in [0.2, 0.25) is 0 Å². The molecule has 7 heteroatoms. The summed E-state index contributed by atoms with van der Waals surface area (Å²) in [5.41, 5.74) is 0.754. The van der Waals surface area contributed by atoms with Crippen LogP contribution in [-0.4, -0.2) is 34.8 Å². The van der Waals surface area contributed by atoms with Crippen LogP contribution >= 0.6 is 0 Å². The smallest absolute Gasteiger partial charge is 0.318 e. The lowest BCUT2D eigenvalue weighted by Crippen LogP contribution is -2.18. The van der Waals surface area contributed by atoms with Gasteiger partial charge in [-0.1, -0.05) is 12.1 Å². The van der Waals surface area contributed by atoms with Crippen molar-refractivity contribution >= 4 is 11.7 Å². The number of hydrogen-bond acceptors (Lipinski definition) is 4. The number of amidine groups is 1. The van der Waals surface area contributed by atoms with Gasteiger partial charge in [-0.3, -0.25) is 0 Å². The van der Waals surface area contributed by atoms with Crippen LogP contribution in [0.4, 0.5) is 14.6 Å². The molecule has 0 amide bonds.